The first-order chi connectivity index (χ1) is 7.25. The third kappa shape index (κ3) is 2.70. The second-order valence-electron chi connectivity index (χ2n) is 3.61. The highest BCUT2D eigenvalue weighted by atomic mass is 35.5. The van der Waals surface area contributed by atoms with Crippen molar-refractivity contribution in [2.24, 2.45) is 0 Å². The van der Waals surface area contributed by atoms with E-state index in [-0.39, 0.29) is 5.78 Å². The van der Waals surface area contributed by atoms with E-state index < -0.39 is 0 Å². The Kier molecular flexibility index (Phi) is 3.23. The molecule has 1 fully saturated rings. The smallest absolute Gasteiger partial charge is 0.165 e. The van der Waals surface area contributed by atoms with E-state index >= 15 is 0 Å². The van der Waals surface area contributed by atoms with Crippen molar-refractivity contribution >= 4 is 23.1 Å². The molecule has 0 unspecified atom stereocenters. The maximum atomic E-state index is 11.4. The lowest BCUT2D eigenvalue weighted by atomic mass is 10.2. The lowest BCUT2D eigenvalue weighted by molar-refractivity contribution is -0.116. The predicted molar refractivity (Wildman–Crippen MR) is 61.5 cm³/mol. The maximum Gasteiger partial charge on any atom is 0.165 e. The molecule has 1 saturated heterocycles. The third-order valence-electron chi connectivity index (χ3n) is 2.44. The van der Waals surface area contributed by atoms with Crippen molar-refractivity contribution in [2.45, 2.75) is 0 Å². The van der Waals surface area contributed by atoms with Crippen LogP contribution in [0, 0.1) is 0 Å². The van der Waals surface area contributed by atoms with Gasteiger partial charge in [0, 0.05) is 23.8 Å². The van der Waals surface area contributed by atoms with Crippen molar-refractivity contribution in [3.63, 3.8) is 0 Å². The molecule has 2 rings (SSSR count). The quantitative estimate of drug-likeness (QED) is 0.781. The molecule has 0 aliphatic carbocycles. The molecule has 0 bridgehead atoms. The van der Waals surface area contributed by atoms with Gasteiger partial charge in [-0.3, -0.25) is 4.79 Å². The first-order valence-corrected chi connectivity index (χ1v) is 5.36. The Hall–Kier alpha value is -1.06. The average Bonchev–Trinajstić information content (AvgIpc) is 2.44. The van der Waals surface area contributed by atoms with Crippen molar-refractivity contribution < 1.29 is 4.79 Å². The monoisotopic (exact) mass is 224 g/mol. The van der Waals surface area contributed by atoms with E-state index in [2.05, 4.69) is 10.2 Å². The summed E-state index contributed by atoms with van der Waals surface area (Å²) in [6, 6.07) is 7.58. The topological polar surface area (TPSA) is 32.3 Å². The minimum absolute atomic E-state index is 0.224. The van der Waals surface area contributed by atoms with Gasteiger partial charge in [-0.15, -0.1) is 0 Å². The number of anilines is 1. The van der Waals surface area contributed by atoms with Crippen molar-refractivity contribution in [3.8, 4) is 0 Å². The predicted octanol–water partition coefficient (Wildman–Crippen LogP) is 1.32. The van der Waals surface area contributed by atoms with Crippen LogP contribution in [0.5, 0.6) is 0 Å². The summed E-state index contributed by atoms with van der Waals surface area (Å²) in [5.74, 6) is 0.224. The van der Waals surface area contributed by atoms with E-state index in [1.54, 1.807) is 0 Å². The van der Waals surface area contributed by atoms with Crippen LogP contribution >= 0.6 is 11.6 Å². The number of halogens is 1. The molecular formula is C11H13ClN2O. The van der Waals surface area contributed by atoms with Crippen LogP contribution in [0.3, 0.4) is 0 Å². The number of carbonyl (C=O) groups excluding carboxylic acids is 1. The summed E-state index contributed by atoms with van der Waals surface area (Å²) < 4.78 is 0. The lowest BCUT2D eigenvalue weighted by Gasteiger charge is -2.21. The summed E-state index contributed by atoms with van der Waals surface area (Å²) in [6.07, 6.45) is 0. The zero-order valence-electron chi connectivity index (χ0n) is 8.37. The van der Waals surface area contributed by atoms with Gasteiger partial charge in [0.1, 0.15) is 0 Å². The first kappa shape index (κ1) is 10.5. The van der Waals surface area contributed by atoms with E-state index in [0.29, 0.717) is 13.1 Å². The number of ketones is 1. The Bertz CT molecular complexity index is 350. The minimum Gasteiger partial charge on any atom is -0.363 e. The molecule has 0 radical (unpaired) electrons. The molecule has 1 heterocycles. The minimum atomic E-state index is 0.224. The van der Waals surface area contributed by atoms with Gasteiger partial charge in [-0.25, -0.2) is 0 Å². The number of carbonyl (C=O) groups is 1. The summed E-state index contributed by atoms with van der Waals surface area (Å²) in [7, 11) is 0. The van der Waals surface area contributed by atoms with Crippen LogP contribution in [0.15, 0.2) is 24.3 Å². The summed E-state index contributed by atoms with van der Waals surface area (Å²) in [5, 5.41) is 3.81. The molecular weight excluding hydrogens is 212 g/mol. The van der Waals surface area contributed by atoms with Crippen LogP contribution in [0.4, 0.5) is 5.69 Å². The van der Waals surface area contributed by atoms with Gasteiger partial charge < -0.3 is 10.2 Å². The fourth-order valence-electron chi connectivity index (χ4n) is 1.66. The fourth-order valence-corrected chi connectivity index (χ4v) is 1.79. The molecule has 0 spiro atoms. The molecule has 1 aliphatic heterocycles. The van der Waals surface area contributed by atoms with Crippen molar-refractivity contribution in [1.82, 2.24) is 5.32 Å². The molecule has 1 aromatic carbocycles. The molecule has 1 aliphatic rings. The average molecular weight is 225 g/mol. The highest BCUT2D eigenvalue weighted by molar-refractivity contribution is 6.30. The van der Waals surface area contributed by atoms with Crippen LogP contribution in [0.25, 0.3) is 0 Å². The van der Waals surface area contributed by atoms with Gasteiger partial charge in [-0.2, -0.15) is 0 Å². The van der Waals surface area contributed by atoms with Gasteiger partial charge in [0.05, 0.1) is 13.1 Å². The summed E-state index contributed by atoms with van der Waals surface area (Å²) in [6.45, 7) is 2.65. The van der Waals surface area contributed by atoms with Crippen molar-refractivity contribution in [2.75, 3.05) is 31.1 Å². The van der Waals surface area contributed by atoms with Crippen LogP contribution in [0.1, 0.15) is 0 Å². The molecule has 0 saturated carbocycles. The number of nitrogens with zero attached hydrogens (tertiary/aromatic N) is 1. The number of hydrogen-bond acceptors (Lipinski definition) is 3. The zero-order chi connectivity index (χ0) is 10.7. The van der Waals surface area contributed by atoms with Crippen molar-refractivity contribution in [3.05, 3.63) is 29.3 Å². The standard InChI is InChI=1S/C11H13ClN2O/c12-9-1-3-10(4-2-9)14-6-5-13-7-11(15)8-14/h1-4,13H,5-8H2. The molecule has 15 heavy (non-hydrogen) atoms. The SMILES string of the molecule is O=C1CNCCN(c2ccc(Cl)cc2)C1. The van der Waals surface area contributed by atoms with E-state index in [4.69, 9.17) is 11.6 Å². The molecule has 3 nitrogen and oxygen atoms in total. The maximum absolute atomic E-state index is 11.4. The van der Waals surface area contributed by atoms with Gasteiger partial charge in [-0.1, -0.05) is 11.6 Å². The van der Waals surface area contributed by atoms with E-state index in [0.717, 1.165) is 23.8 Å². The number of nitrogens with one attached hydrogen (secondary N) is 1. The molecule has 1 aromatic rings. The van der Waals surface area contributed by atoms with Crippen LogP contribution in [0.2, 0.25) is 5.02 Å². The fraction of sp³-hybridized carbons (Fsp3) is 0.364. The van der Waals surface area contributed by atoms with Gasteiger partial charge in [0.15, 0.2) is 5.78 Å². The number of rotatable bonds is 1. The number of benzene rings is 1. The lowest BCUT2D eigenvalue weighted by Crippen LogP contribution is -2.29. The zero-order valence-corrected chi connectivity index (χ0v) is 9.13. The highest BCUT2D eigenvalue weighted by Gasteiger charge is 2.14. The molecule has 0 atom stereocenters. The molecule has 1 N–H and O–H groups in total. The van der Waals surface area contributed by atoms with E-state index in [9.17, 15) is 4.79 Å². The normalized spacial score (nSPS) is 17.7. The summed E-state index contributed by atoms with van der Waals surface area (Å²) in [4.78, 5) is 13.5. The summed E-state index contributed by atoms with van der Waals surface area (Å²) in [5.41, 5.74) is 1.05. The Balaban J connectivity index is 2.14. The second-order valence-corrected chi connectivity index (χ2v) is 4.05. The summed E-state index contributed by atoms with van der Waals surface area (Å²) >= 11 is 5.81. The Morgan fingerprint density at radius 3 is 2.73 bits per heavy atom. The molecule has 80 valence electrons. The van der Waals surface area contributed by atoms with Gasteiger partial charge in [0.2, 0.25) is 0 Å². The van der Waals surface area contributed by atoms with Crippen LogP contribution in [-0.2, 0) is 4.79 Å². The molecule has 0 aromatic heterocycles. The highest BCUT2D eigenvalue weighted by Crippen LogP contribution is 2.17. The second kappa shape index (κ2) is 4.64. The van der Waals surface area contributed by atoms with E-state index in [1.165, 1.54) is 0 Å². The van der Waals surface area contributed by atoms with Crippen molar-refractivity contribution in [1.29, 1.82) is 0 Å². The van der Waals surface area contributed by atoms with E-state index in [1.807, 2.05) is 24.3 Å². The molecule has 0 amide bonds. The number of hydrogen-bond donors (Lipinski definition) is 1. The van der Waals surface area contributed by atoms with Crippen LogP contribution in [-0.4, -0.2) is 32.0 Å². The Morgan fingerprint density at radius 2 is 2.00 bits per heavy atom. The largest absolute Gasteiger partial charge is 0.363 e. The first-order valence-electron chi connectivity index (χ1n) is 4.98. The molecule has 4 heteroatoms. The third-order valence-corrected chi connectivity index (χ3v) is 2.69. The number of Topliss-reactive ketones (excluding diaryl/α,β-unsaturated/α-hetero) is 1. The van der Waals surface area contributed by atoms with Gasteiger partial charge in [-0.05, 0) is 24.3 Å². The Labute approximate surface area is 94.0 Å². The van der Waals surface area contributed by atoms with Gasteiger partial charge in [0.25, 0.3) is 0 Å². The van der Waals surface area contributed by atoms with Crippen LogP contribution < -0.4 is 10.2 Å². The van der Waals surface area contributed by atoms with Gasteiger partial charge >= 0.3 is 0 Å². The Morgan fingerprint density at radius 1 is 1.27 bits per heavy atom.